The molecule has 1 atom stereocenters. The van der Waals surface area contributed by atoms with E-state index >= 15 is 0 Å². The maximum absolute atomic E-state index is 12.6. The lowest BCUT2D eigenvalue weighted by molar-refractivity contribution is 0.0723. The molecule has 0 aliphatic carbocycles. The van der Waals surface area contributed by atoms with Gasteiger partial charge in [0.25, 0.3) is 5.91 Å². The Morgan fingerprint density at radius 3 is 2.87 bits per heavy atom. The van der Waals surface area contributed by atoms with Crippen LogP contribution in [0.5, 0.6) is 0 Å². The number of aliphatic hydroxyl groups is 1. The van der Waals surface area contributed by atoms with Gasteiger partial charge in [-0.2, -0.15) is 0 Å². The summed E-state index contributed by atoms with van der Waals surface area (Å²) in [7, 11) is 0. The Morgan fingerprint density at radius 2 is 2.26 bits per heavy atom. The van der Waals surface area contributed by atoms with E-state index in [-0.39, 0.29) is 17.9 Å². The summed E-state index contributed by atoms with van der Waals surface area (Å²) in [5.41, 5.74) is 0.174. The predicted octanol–water partition coefficient (Wildman–Crippen LogP) is 1.29. The van der Waals surface area contributed by atoms with Crippen LogP contribution in [0.1, 0.15) is 36.7 Å². The predicted molar refractivity (Wildman–Crippen MR) is 84.1 cm³/mol. The zero-order valence-electron chi connectivity index (χ0n) is 13.2. The fraction of sp³-hybridized carbons (Fsp3) is 0.500. The molecule has 7 nitrogen and oxygen atoms in total. The summed E-state index contributed by atoms with van der Waals surface area (Å²) >= 11 is 0. The van der Waals surface area contributed by atoms with Crippen molar-refractivity contribution < 1.29 is 9.90 Å². The summed E-state index contributed by atoms with van der Waals surface area (Å²) in [5.74, 6) is 0.497. The summed E-state index contributed by atoms with van der Waals surface area (Å²) < 4.78 is 1.73. The monoisotopic (exact) mass is 315 g/mol. The van der Waals surface area contributed by atoms with Gasteiger partial charge in [0.05, 0.1) is 6.61 Å². The van der Waals surface area contributed by atoms with E-state index in [1.54, 1.807) is 40.3 Å². The number of aliphatic hydroxyl groups excluding tert-OH is 1. The van der Waals surface area contributed by atoms with Gasteiger partial charge in [-0.3, -0.25) is 9.36 Å². The molecule has 3 heterocycles. The number of hydrogen-bond acceptors (Lipinski definition) is 5. The van der Waals surface area contributed by atoms with Crippen molar-refractivity contribution in [3.63, 3.8) is 0 Å². The minimum Gasteiger partial charge on any atom is -0.396 e. The first kappa shape index (κ1) is 15.6. The van der Waals surface area contributed by atoms with Crippen molar-refractivity contribution in [2.45, 2.75) is 26.2 Å². The van der Waals surface area contributed by atoms with Gasteiger partial charge in [0.2, 0.25) is 0 Å². The zero-order chi connectivity index (χ0) is 16.3. The number of aromatic nitrogens is 4. The number of likely N-dealkylation sites (tertiary alicyclic amines) is 1. The van der Waals surface area contributed by atoms with Crippen LogP contribution in [-0.4, -0.2) is 55.4 Å². The van der Waals surface area contributed by atoms with Gasteiger partial charge in [0.1, 0.15) is 6.33 Å². The summed E-state index contributed by atoms with van der Waals surface area (Å²) in [6, 6.07) is 3.44. The van der Waals surface area contributed by atoms with Gasteiger partial charge in [-0.25, -0.2) is 4.98 Å². The maximum atomic E-state index is 12.6. The molecule has 1 saturated heterocycles. The molecule has 0 saturated carbocycles. The largest absolute Gasteiger partial charge is 0.396 e. The molecule has 1 aliphatic heterocycles. The first-order chi connectivity index (χ1) is 11.2. The second kappa shape index (κ2) is 6.45. The van der Waals surface area contributed by atoms with Gasteiger partial charge in [-0.15, -0.1) is 10.2 Å². The van der Waals surface area contributed by atoms with E-state index < -0.39 is 0 Å². The van der Waals surface area contributed by atoms with Gasteiger partial charge in [0.15, 0.2) is 11.5 Å². The normalized spacial score (nSPS) is 20.9. The number of hydrogen-bond donors (Lipinski definition) is 1. The average molecular weight is 315 g/mol. The molecule has 1 fully saturated rings. The van der Waals surface area contributed by atoms with Gasteiger partial charge in [-0.1, -0.05) is 13.3 Å². The van der Waals surface area contributed by atoms with Crippen molar-refractivity contribution in [3.05, 3.63) is 36.5 Å². The quantitative estimate of drug-likeness (QED) is 0.898. The van der Waals surface area contributed by atoms with Crippen molar-refractivity contribution in [3.8, 4) is 5.82 Å². The Labute approximate surface area is 135 Å². The van der Waals surface area contributed by atoms with Crippen molar-refractivity contribution in [1.29, 1.82) is 0 Å². The SMILES string of the molecule is CCCC1(CO)CCN(C(=O)c2ccc(-n3ccnc3)nn2)C1. The van der Waals surface area contributed by atoms with Crippen LogP contribution in [-0.2, 0) is 0 Å². The topological polar surface area (TPSA) is 84.1 Å². The first-order valence-corrected chi connectivity index (χ1v) is 7.90. The van der Waals surface area contributed by atoms with Crippen LogP contribution in [0.4, 0.5) is 0 Å². The average Bonchev–Trinajstić information content (AvgIpc) is 3.25. The minimum atomic E-state index is -0.158. The molecule has 23 heavy (non-hydrogen) atoms. The van der Waals surface area contributed by atoms with Crippen LogP contribution in [0, 0.1) is 5.41 Å². The Hall–Kier alpha value is -2.28. The highest BCUT2D eigenvalue weighted by Gasteiger charge is 2.39. The molecule has 7 heteroatoms. The Morgan fingerprint density at radius 1 is 1.39 bits per heavy atom. The van der Waals surface area contributed by atoms with E-state index in [1.165, 1.54) is 0 Å². The molecule has 2 aromatic rings. The Bertz CT molecular complexity index is 656. The number of carbonyl (C=O) groups excluding carboxylic acids is 1. The zero-order valence-corrected chi connectivity index (χ0v) is 13.2. The van der Waals surface area contributed by atoms with E-state index in [1.807, 2.05) is 0 Å². The Balaban J connectivity index is 1.71. The van der Waals surface area contributed by atoms with E-state index in [0.717, 1.165) is 19.3 Å². The van der Waals surface area contributed by atoms with Crippen LogP contribution in [0.15, 0.2) is 30.9 Å². The lowest BCUT2D eigenvalue weighted by Crippen LogP contribution is -2.34. The summed E-state index contributed by atoms with van der Waals surface area (Å²) in [6.45, 7) is 3.46. The Kier molecular flexibility index (Phi) is 4.38. The lowest BCUT2D eigenvalue weighted by atomic mass is 9.83. The van der Waals surface area contributed by atoms with Gasteiger partial charge in [-0.05, 0) is 25.0 Å². The number of rotatable bonds is 5. The molecule has 2 aromatic heterocycles. The highest BCUT2D eigenvalue weighted by Crippen LogP contribution is 2.35. The fourth-order valence-corrected chi connectivity index (χ4v) is 3.18. The van der Waals surface area contributed by atoms with Crippen LogP contribution < -0.4 is 0 Å². The molecular weight excluding hydrogens is 294 g/mol. The van der Waals surface area contributed by atoms with Crippen LogP contribution in [0.3, 0.4) is 0 Å². The third-order valence-electron chi connectivity index (χ3n) is 4.48. The molecular formula is C16H21N5O2. The van der Waals surface area contributed by atoms with Gasteiger partial charge < -0.3 is 10.0 Å². The first-order valence-electron chi connectivity index (χ1n) is 7.90. The van der Waals surface area contributed by atoms with Crippen molar-refractivity contribution >= 4 is 5.91 Å². The van der Waals surface area contributed by atoms with Crippen LogP contribution in [0.25, 0.3) is 5.82 Å². The van der Waals surface area contributed by atoms with E-state index in [0.29, 0.717) is 24.6 Å². The second-order valence-electron chi connectivity index (χ2n) is 6.13. The number of carbonyl (C=O) groups is 1. The molecule has 3 rings (SSSR count). The lowest BCUT2D eigenvalue weighted by Gasteiger charge is -2.26. The second-order valence-corrected chi connectivity index (χ2v) is 6.13. The molecule has 0 radical (unpaired) electrons. The van der Waals surface area contributed by atoms with Crippen molar-refractivity contribution in [2.75, 3.05) is 19.7 Å². The van der Waals surface area contributed by atoms with E-state index in [2.05, 4.69) is 22.1 Å². The standard InChI is InChI=1S/C16H21N5O2/c1-2-5-16(11-22)6-8-20(10-16)15(23)13-3-4-14(19-18-13)21-9-7-17-12-21/h3-4,7,9,12,22H,2,5-6,8,10-11H2,1H3. The summed E-state index contributed by atoms with van der Waals surface area (Å²) in [6.07, 6.45) is 7.83. The molecule has 0 aromatic carbocycles. The molecule has 1 amide bonds. The molecule has 0 bridgehead atoms. The van der Waals surface area contributed by atoms with Gasteiger partial charge in [0, 0.05) is 30.9 Å². The van der Waals surface area contributed by atoms with Crippen LogP contribution in [0.2, 0.25) is 0 Å². The number of amides is 1. The third-order valence-corrected chi connectivity index (χ3v) is 4.48. The molecule has 1 unspecified atom stereocenters. The highest BCUT2D eigenvalue weighted by molar-refractivity contribution is 5.92. The van der Waals surface area contributed by atoms with Crippen molar-refractivity contribution in [2.24, 2.45) is 5.41 Å². The maximum Gasteiger partial charge on any atom is 0.274 e. The minimum absolute atomic E-state index is 0.121. The van der Waals surface area contributed by atoms with E-state index in [4.69, 9.17) is 0 Å². The fourth-order valence-electron chi connectivity index (χ4n) is 3.18. The molecule has 1 N–H and O–H groups in total. The van der Waals surface area contributed by atoms with Crippen LogP contribution >= 0.6 is 0 Å². The molecule has 1 aliphatic rings. The summed E-state index contributed by atoms with van der Waals surface area (Å²) in [5, 5.41) is 17.8. The molecule has 0 spiro atoms. The highest BCUT2D eigenvalue weighted by atomic mass is 16.3. The van der Waals surface area contributed by atoms with E-state index in [9.17, 15) is 9.90 Å². The molecule has 122 valence electrons. The third kappa shape index (κ3) is 3.10. The van der Waals surface area contributed by atoms with Gasteiger partial charge >= 0.3 is 0 Å². The number of nitrogens with zero attached hydrogens (tertiary/aromatic N) is 5. The van der Waals surface area contributed by atoms with Crippen molar-refractivity contribution in [1.82, 2.24) is 24.6 Å². The smallest absolute Gasteiger partial charge is 0.274 e. The number of imidazole rings is 1. The summed E-state index contributed by atoms with van der Waals surface area (Å²) in [4.78, 5) is 18.3.